The smallest absolute Gasteiger partial charge is 0.240 e. The molecule has 0 radical (unpaired) electrons. The zero-order chi connectivity index (χ0) is 23.0. The molecule has 0 saturated carbocycles. The Morgan fingerprint density at radius 2 is 1.62 bits per heavy atom. The van der Waals surface area contributed by atoms with Gasteiger partial charge in [0.05, 0.1) is 4.90 Å². The van der Waals surface area contributed by atoms with Crippen LogP contribution in [0.4, 0.5) is 0 Å². The molecule has 0 saturated heterocycles. The van der Waals surface area contributed by atoms with E-state index < -0.39 is 10.0 Å². The zero-order valence-corrected chi connectivity index (χ0v) is 19.1. The monoisotopic (exact) mass is 447 g/mol. The van der Waals surface area contributed by atoms with Gasteiger partial charge < -0.3 is 0 Å². The third kappa shape index (κ3) is 6.49. The Morgan fingerprint density at radius 3 is 2.25 bits per heavy atom. The number of ketones is 1. The Kier molecular flexibility index (Phi) is 8.14. The molecule has 0 aliphatic heterocycles. The van der Waals surface area contributed by atoms with Crippen molar-refractivity contribution in [1.29, 1.82) is 0 Å². The van der Waals surface area contributed by atoms with Crippen LogP contribution in [0.15, 0.2) is 96.4 Å². The second kappa shape index (κ2) is 11.0. The van der Waals surface area contributed by atoms with Crippen LogP contribution in [0.3, 0.4) is 0 Å². The summed E-state index contributed by atoms with van der Waals surface area (Å²) < 4.78 is 27.4. The van der Waals surface area contributed by atoms with Gasteiger partial charge in [-0.2, -0.15) is 0 Å². The predicted octanol–water partition coefficient (Wildman–Crippen LogP) is 5.45. The largest absolute Gasteiger partial charge is 0.294 e. The summed E-state index contributed by atoms with van der Waals surface area (Å²) in [5.41, 5.74) is 3.91. The number of allylic oxidation sites excluding steroid dienone is 1. The Bertz CT molecular complexity index is 1140. The molecule has 32 heavy (non-hydrogen) atoms. The van der Waals surface area contributed by atoms with Crippen LogP contribution in [-0.4, -0.2) is 20.7 Å². The van der Waals surface area contributed by atoms with Crippen molar-refractivity contribution in [1.82, 2.24) is 4.72 Å². The molecule has 3 rings (SSSR count). The summed E-state index contributed by atoms with van der Waals surface area (Å²) in [6, 6.07) is 24.2. The van der Waals surface area contributed by atoms with Crippen molar-refractivity contribution in [3.63, 3.8) is 0 Å². The number of hydrogen-bond acceptors (Lipinski definition) is 3. The third-order valence-electron chi connectivity index (χ3n) is 5.46. The van der Waals surface area contributed by atoms with Gasteiger partial charge in [-0.05, 0) is 43.0 Å². The first-order valence-electron chi connectivity index (χ1n) is 10.7. The topological polar surface area (TPSA) is 63.2 Å². The Balaban J connectivity index is 1.51. The molecule has 0 heterocycles. The van der Waals surface area contributed by atoms with E-state index in [2.05, 4.69) is 11.3 Å². The molecule has 3 aromatic rings. The van der Waals surface area contributed by atoms with Gasteiger partial charge in [0.2, 0.25) is 10.0 Å². The summed E-state index contributed by atoms with van der Waals surface area (Å²) in [5, 5.41) is 0. The van der Waals surface area contributed by atoms with Gasteiger partial charge in [0.1, 0.15) is 0 Å². The van der Waals surface area contributed by atoms with Crippen molar-refractivity contribution in [3.05, 3.63) is 114 Å². The van der Waals surface area contributed by atoms with Crippen molar-refractivity contribution in [3.8, 4) is 0 Å². The minimum Gasteiger partial charge on any atom is -0.294 e. The highest BCUT2D eigenvalue weighted by Gasteiger charge is 2.15. The molecule has 0 amide bonds. The Labute approximate surface area is 191 Å². The van der Waals surface area contributed by atoms with Crippen LogP contribution < -0.4 is 4.72 Å². The molecule has 0 aliphatic carbocycles. The molecular formula is C27H29NO3S. The number of sulfonamides is 1. The van der Waals surface area contributed by atoms with Gasteiger partial charge in [-0.1, -0.05) is 78.4 Å². The van der Waals surface area contributed by atoms with Crippen molar-refractivity contribution in [2.45, 2.75) is 37.0 Å². The summed E-state index contributed by atoms with van der Waals surface area (Å²) in [7, 11) is -3.48. The maximum atomic E-state index is 12.5. The first kappa shape index (κ1) is 23.6. The van der Waals surface area contributed by atoms with Gasteiger partial charge >= 0.3 is 0 Å². The summed E-state index contributed by atoms with van der Waals surface area (Å²) in [6.07, 6.45) is 3.66. The van der Waals surface area contributed by atoms with E-state index in [1.807, 2.05) is 67.6 Å². The second-order valence-electron chi connectivity index (χ2n) is 7.89. The van der Waals surface area contributed by atoms with E-state index in [4.69, 9.17) is 0 Å². The standard InChI is InChI=1S/C27H29NO3S/c1-3-23(20-27(29)25-9-5-4-6-10-25)24-15-13-22(14-16-24)8-7-19-28-32(30,31)26-17-11-21(2)12-18-26/h3-6,9-18,23,28H,1,7-8,19-20H2,2H3. The van der Waals surface area contributed by atoms with Crippen LogP contribution in [-0.2, 0) is 16.4 Å². The minimum atomic E-state index is -3.48. The molecule has 1 unspecified atom stereocenters. The molecule has 166 valence electrons. The normalized spacial score (nSPS) is 12.3. The number of rotatable bonds is 11. The average molecular weight is 448 g/mol. The van der Waals surface area contributed by atoms with Gasteiger partial charge in [-0.15, -0.1) is 6.58 Å². The fourth-order valence-electron chi connectivity index (χ4n) is 3.51. The maximum absolute atomic E-state index is 12.5. The number of hydrogen-bond donors (Lipinski definition) is 1. The SMILES string of the molecule is C=CC(CC(=O)c1ccccc1)c1ccc(CCCNS(=O)(=O)c2ccc(C)cc2)cc1. The highest BCUT2D eigenvalue weighted by molar-refractivity contribution is 7.89. The third-order valence-corrected chi connectivity index (χ3v) is 6.94. The van der Waals surface area contributed by atoms with E-state index in [1.54, 1.807) is 24.3 Å². The summed E-state index contributed by atoms with van der Waals surface area (Å²) in [5.74, 6) is 0.0542. The van der Waals surface area contributed by atoms with E-state index >= 15 is 0 Å². The molecule has 0 aliphatic rings. The Hall–Kier alpha value is -3.02. The second-order valence-corrected chi connectivity index (χ2v) is 9.66. The first-order valence-corrected chi connectivity index (χ1v) is 12.2. The van der Waals surface area contributed by atoms with Crippen LogP contribution in [0, 0.1) is 6.92 Å². The zero-order valence-electron chi connectivity index (χ0n) is 18.3. The first-order chi connectivity index (χ1) is 15.4. The highest BCUT2D eigenvalue weighted by atomic mass is 32.2. The van der Waals surface area contributed by atoms with E-state index in [0.29, 0.717) is 24.9 Å². The average Bonchev–Trinajstić information content (AvgIpc) is 2.81. The number of benzene rings is 3. The lowest BCUT2D eigenvalue weighted by molar-refractivity contribution is 0.0978. The molecule has 0 aromatic heterocycles. The number of carbonyl (C=O) groups excluding carboxylic acids is 1. The highest BCUT2D eigenvalue weighted by Crippen LogP contribution is 2.24. The van der Waals surface area contributed by atoms with E-state index in [9.17, 15) is 13.2 Å². The van der Waals surface area contributed by atoms with E-state index in [1.165, 1.54) is 0 Å². The molecule has 0 fully saturated rings. The number of Topliss-reactive ketones (excluding diaryl/α,β-unsaturated/α-hetero) is 1. The number of nitrogens with one attached hydrogen (secondary N) is 1. The predicted molar refractivity (Wildman–Crippen MR) is 129 cm³/mol. The lowest BCUT2D eigenvalue weighted by Crippen LogP contribution is -2.25. The van der Waals surface area contributed by atoms with Gasteiger partial charge in [0, 0.05) is 24.4 Å². The van der Waals surface area contributed by atoms with Crippen LogP contribution >= 0.6 is 0 Å². The van der Waals surface area contributed by atoms with Crippen molar-refractivity contribution >= 4 is 15.8 Å². The van der Waals surface area contributed by atoms with Crippen LogP contribution in [0.2, 0.25) is 0 Å². The van der Waals surface area contributed by atoms with Gasteiger partial charge in [0.25, 0.3) is 0 Å². The lowest BCUT2D eigenvalue weighted by atomic mass is 9.91. The molecule has 3 aromatic carbocycles. The fraction of sp³-hybridized carbons (Fsp3) is 0.222. The van der Waals surface area contributed by atoms with Gasteiger partial charge in [-0.3, -0.25) is 4.79 Å². The Morgan fingerprint density at radius 1 is 0.969 bits per heavy atom. The van der Waals surface area contributed by atoms with Crippen LogP contribution in [0.25, 0.3) is 0 Å². The number of carbonyl (C=O) groups is 1. The maximum Gasteiger partial charge on any atom is 0.240 e. The molecule has 4 nitrogen and oxygen atoms in total. The summed E-state index contributed by atoms with van der Waals surface area (Å²) >= 11 is 0. The summed E-state index contributed by atoms with van der Waals surface area (Å²) in [6.45, 7) is 6.20. The van der Waals surface area contributed by atoms with Crippen molar-refractivity contribution in [2.24, 2.45) is 0 Å². The van der Waals surface area contributed by atoms with Crippen LogP contribution in [0.1, 0.15) is 45.8 Å². The summed E-state index contributed by atoms with van der Waals surface area (Å²) in [4.78, 5) is 12.8. The van der Waals surface area contributed by atoms with Gasteiger partial charge in [-0.25, -0.2) is 13.1 Å². The van der Waals surface area contributed by atoms with Crippen LogP contribution in [0.5, 0.6) is 0 Å². The molecule has 5 heteroatoms. The molecule has 1 atom stereocenters. The van der Waals surface area contributed by atoms with Crippen molar-refractivity contribution < 1.29 is 13.2 Å². The minimum absolute atomic E-state index is 0.0434. The number of aryl methyl sites for hydroxylation is 2. The molecular weight excluding hydrogens is 418 g/mol. The molecule has 1 N–H and O–H groups in total. The van der Waals surface area contributed by atoms with Gasteiger partial charge in [0.15, 0.2) is 5.78 Å². The molecule has 0 bridgehead atoms. The molecule has 0 spiro atoms. The van der Waals surface area contributed by atoms with E-state index in [-0.39, 0.29) is 16.6 Å². The van der Waals surface area contributed by atoms with E-state index in [0.717, 1.165) is 23.1 Å². The van der Waals surface area contributed by atoms with Crippen molar-refractivity contribution in [2.75, 3.05) is 6.54 Å². The fourth-order valence-corrected chi connectivity index (χ4v) is 4.58. The quantitative estimate of drug-likeness (QED) is 0.242. The lowest BCUT2D eigenvalue weighted by Gasteiger charge is -2.13.